The highest BCUT2D eigenvalue weighted by Crippen LogP contribution is 2.40. The van der Waals surface area contributed by atoms with Crippen LogP contribution in [-0.4, -0.2) is 0 Å². The second kappa shape index (κ2) is 2.71. The number of benzene rings is 2. The van der Waals surface area contributed by atoms with Gasteiger partial charge in [-0.15, -0.1) is 0 Å². The fourth-order valence-corrected chi connectivity index (χ4v) is 2.34. The van der Waals surface area contributed by atoms with Crippen LogP contribution in [0.1, 0.15) is 18.1 Å². The quantitative estimate of drug-likeness (QED) is 0.624. The summed E-state index contributed by atoms with van der Waals surface area (Å²) in [5, 5.41) is 11.6. The van der Waals surface area contributed by atoms with E-state index in [0.29, 0.717) is 0 Å². The summed E-state index contributed by atoms with van der Waals surface area (Å²) in [6, 6.07) is 14.7. The van der Waals surface area contributed by atoms with E-state index < -0.39 is 0 Å². The van der Waals surface area contributed by atoms with Gasteiger partial charge in [0.1, 0.15) is 6.07 Å². The van der Waals surface area contributed by atoms with Crippen molar-refractivity contribution in [2.75, 3.05) is 0 Å². The van der Waals surface area contributed by atoms with Gasteiger partial charge in [-0.3, -0.25) is 0 Å². The van der Waals surface area contributed by atoms with Crippen molar-refractivity contribution in [2.24, 2.45) is 0 Å². The molecule has 0 saturated heterocycles. The van der Waals surface area contributed by atoms with Gasteiger partial charge in [-0.05, 0) is 28.8 Å². The van der Waals surface area contributed by atoms with Crippen LogP contribution < -0.4 is 0 Å². The highest BCUT2D eigenvalue weighted by Gasteiger charge is 2.20. The molecular weight excluding hydrogens is 182 g/mol. The summed E-state index contributed by atoms with van der Waals surface area (Å²) in [5.41, 5.74) is 4.22. The van der Waals surface area contributed by atoms with Gasteiger partial charge >= 0.3 is 0 Å². The maximum atomic E-state index is 9.15. The van der Waals surface area contributed by atoms with E-state index in [4.69, 9.17) is 5.26 Å². The summed E-state index contributed by atoms with van der Waals surface area (Å²) >= 11 is 0. The van der Waals surface area contributed by atoms with Gasteiger partial charge in [-0.25, -0.2) is 0 Å². The van der Waals surface area contributed by atoms with Crippen LogP contribution in [0.2, 0.25) is 0 Å². The van der Waals surface area contributed by atoms with Gasteiger partial charge in [0.2, 0.25) is 0 Å². The fourth-order valence-electron chi connectivity index (χ4n) is 2.34. The Labute approximate surface area is 88.3 Å². The first-order chi connectivity index (χ1) is 7.33. The third kappa shape index (κ3) is 0.911. The summed E-state index contributed by atoms with van der Waals surface area (Å²) in [6.07, 6.45) is 0. The molecule has 1 heteroatoms. The minimum Gasteiger partial charge on any atom is -0.192 e. The van der Waals surface area contributed by atoms with Crippen molar-refractivity contribution in [2.45, 2.75) is 6.92 Å². The molecule has 1 aliphatic carbocycles. The largest absolute Gasteiger partial charge is 0.192 e. The van der Waals surface area contributed by atoms with Gasteiger partial charge in [0.25, 0.3) is 0 Å². The molecule has 2 aromatic rings. The molecule has 70 valence electrons. The molecule has 0 bridgehead atoms. The van der Waals surface area contributed by atoms with E-state index in [9.17, 15) is 0 Å². The number of hydrogen-bond acceptors (Lipinski definition) is 1. The molecule has 1 aliphatic rings. The van der Waals surface area contributed by atoms with Gasteiger partial charge in [0.05, 0.1) is 5.57 Å². The Kier molecular flexibility index (Phi) is 1.49. The molecule has 0 spiro atoms. The van der Waals surface area contributed by atoms with Crippen LogP contribution in [0.25, 0.3) is 21.9 Å². The standard InChI is InChI=1S/C14H9N/c1-9-11-6-2-4-10-5-3-7-12(14(10)11)13(9)8-15/h2-7H,1H3. The molecule has 0 radical (unpaired) electrons. The second-order valence-corrected chi connectivity index (χ2v) is 3.82. The van der Waals surface area contributed by atoms with Crippen molar-refractivity contribution >= 4 is 21.9 Å². The second-order valence-electron chi connectivity index (χ2n) is 3.82. The normalized spacial score (nSPS) is 13.3. The summed E-state index contributed by atoms with van der Waals surface area (Å²) in [5.74, 6) is 0. The van der Waals surface area contributed by atoms with E-state index in [2.05, 4.69) is 24.3 Å². The Morgan fingerprint density at radius 2 is 1.67 bits per heavy atom. The van der Waals surface area contributed by atoms with E-state index in [0.717, 1.165) is 16.7 Å². The Hall–Kier alpha value is -2.07. The van der Waals surface area contributed by atoms with Crippen LogP contribution in [-0.2, 0) is 0 Å². The number of allylic oxidation sites excluding steroid dienone is 2. The highest BCUT2D eigenvalue weighted by molar-refractivity contribution is 6.16. The van der Waals surface area contributed by atoms with Crippen LogP contribution in [0.15, 0.2) is 36.4 Å². The molecule has 1 nitrogen and oxygen atoms in total. The van der Waals surface area contributed by atoms with E-state index in [1.165, 1.54) is 16.3 Å². The number of rotatable bonds is 0. The van der Waals surface area contributed by atoms with Crippen LogP contribution in [0.3, 0.4) is 0 Å². The number of nitriles is 1. The van der Waals surface area contributed by atoms with Crippen molar-refractivity contribution in [1.82, 2.24) is 0 Å². The van der Waals surface area contributed by atoms with Gasteiger partial charge in [0, 0.05) is 5.56 Å². The molecule has 0 amide bonds. The molecule has 0 fully saturated rings. The predicted octanol–water partition coefficient (Wildman–Crippen LogP) is 3.61. The lowest BCUT2D eigenvalue weighted by atomic mass is 10.0. The Morgan fingerprint density at radius 1 is 1.00 bits per heavy atom. The van der Waals surface area contributed by atoms with Crippen molar-refractivity contribution in [3.8, 4) is 6.07 Å². The Balaban J connectivity index is 2.57. The first-order valence-electron chi connectivity index (χ1n) is 4.96. The third-order valence-corrected chi connectivity index (χ3v) is 3.06. The molecule has 2 aromatic carbocycles. The maximum Gasteiger partial charge on any atom is 0.100 e. The molecule has 15 heavy (non-hydrogen) atoms. The van der Waals surface area contributed by atoms with Crippen molar-refractivity contribution in [1.29, 1.82) is 5.26 Å². The van der Waals surface area contributed by atoms with Crippen molar-refractivity contribution in [3.63, 3.8) is 0 Å². The molecule has 0 unspecified atom stereocenters. The molecule has 0 aliphatic heterocycles. The molecule has 0 N–H and O–H groups in total. The van der Waals surface area contributed by atoms with Gasteiger partial charge < -0.3 is 0 Å². The van der Waals surface area contributed by atoms with E-state index in [1.807, 2.05) is 25.1 Å². The minimum atomic E-state index is 0.821. The van der Waals surface area contributed by atoms with Crippen LogP contribution >= 0.6 is 0 Å². The highest BCUT2D eigenvalue weighted by atomic mass is 14.3. The van der Waals surface area contributed by atoms with Crippen molar-refractivity contribution < 1.29 is 0 Å². The SMILES string of the molecule is CC1=C(C#N)c2cccc3cccc1c23. The van der Waals surface area contributed by atoms with E-state index >= 15 is 0 Å². The lowest BCUT2D eigenvalue weighted by molar-refractivity contribution is 1.53. The summed E-state index contributed by atoms with van der Waals surface area (Å²) in [4.78, 5) is 0. The van der Waals surface area contributed by atoms with Crippen LogP contribution in [0, 0.1) is 11.3 Å². The Morgan fingerprint density at radius 3 is 2.33 bits per heavy atom. The molecule has 0 heterocycles. The lowest BCUT2D eigenvalue weighted by Crippen LogP contribution is -1.79. The van der Waals surface area contributed by atoms with Gasteiger partial charge in [-0.2, -0.15) is 5.26 Å². The minimum absolute atomic E-state index is 0.821. The first kappa shape index (κ1) is 8.26. The fraction of sp³-hybridized carbons (Fsp3) is 0.0714. The first-order valence-corrected chi connectivity index (χ1v) is 4.96. The van der Waals surface area contributed by atoms with E-state index in [-0.39, 0.29) is 0 Å². The Bertz CT molecular complexity index is 637. The predicted molar refractivity (Wildman–Crippen MR) is 62.0 cm³/mol. The summed E-state index contributed by atoms with van der Waals surface area (Å²) in [6.45, 7) is 2.02. The smallest absolute Gasteiger partial charge is 0.100 e. The average molecular weight is 191 g/mol. The zero-order valence-electron chi connectivity index (χ0n) is 8.41. The molecule has 0 aromatic heterocycles. The van der Waals surface area contributed by atoms with E-state index in [1.54, 1.807) is 0 Å². The zero-order valence-corrected chi connectivity index (χ0v) is 8.41. The van der Waals surface area contributed by atoms with Crippen molar-refractivity contribution in [3.05, 3.63) is 47.5 Å². The van der Waals surface area contributed by atoms with Gasteiger partial charge in [0.15, 0.2) is 0 Å². The molecule has 0 atom stereocenters. The molecule has 0 saturated carbocycles. The van der Waals surface area contributed by atoms with Gasteiger partial charge in [-0.1, -0.05) is 36.4 Å². The summed E-state index contributed by atoms with van der Waals surface area (Å²) < 4.78 is 0. The maximum absolute atomic E-state index is 9.15. The molecule has 3 rings (SSSR count). The summed E-state index contributed by atoms with van der Waals surface area (Å²) in [7, 11) is 0. The topological polar surface area (TPSA) is 23.8 Å². The average Bonchev–Trinajstić information content (AvgIpc) is 2.55. The van der Waals surface area contributed by atoms with Crippen LogP contribution in [0.4, 0.5) is 0 Å². The van der Waals surface area contributed by atoms with Crippen LogP contribution in [0.5, 0.6) is 0 Å². The monoisotopic (exact) mass is 191 g/mol. The zero-order chi connectivity index (χ0) is 10.4. The number of hydrogen-bond donors (Lipinski definition) is 0. The molecular formula is C14H9N. The third-order valence-electron chi connectivity index (χ3n) is 3.06. The lowest BCUT2D eigenvalue weighted by Gasteiger charge is -2.01. The number of nitrogens with zero attached hydrogens (tertiary/aromatic N) is 1.